The third-order valence-electron chi connectivity index (χ3n) is 10.8. The number of hydrogen-bond donors (Lipinski definition) is 2. The van der Waals surface area contributed by atoms with Gasteiger partial charge in [0.1, 0.15) is 0 Å². The molecule has 0 aliphatic heterocycles. The molecule has 54 heavy (non-hydrogen) atoms. The van der Waals surface area contributed by atoms with E-state index in [4.69, 9.17) is 20.9 Å². The Hall–Kier alpha value is -0.760. The quantitative estimate of drug-likeness (QED) is 0.0475. The summed E-state index contributed by atoms with van der Waals surface area (Å²) in [6, 6.07) is 0. The highest BCUT2D eigenvalue weighted by Crippen LogP contribution is 2.12. The Balaban J connectivity index is 3.78. The minimum atomic E-state index is 0.677. The molecule has 0 aromatic rings. The average molecular weight is 763 g/mol. The van der Waals surface area contributed by atoms with E-state index in [1.54, 1.807) is 0 Å². The van der Waals surface area contributed by atoms with Gasteiger partial charge in [-0.25, -0.2) is 0 Å². The minimum absolute atomic E-state index is 0.677. The lowest BCUT2D eigenvalue weighted by atomic mass is 10.1. The van der Waals surface area contributed by atoms with Gasteiger partial charge in [-0.2, -0.15) is 0 Å². The van der Waals surface area contributed by atoms with E-state index in [0.29, 0.717) is 13.2 Å². The summed E-state index contributed by atoms with van der Waals surface area (Å²) in [6.07, 6.45) is 49.8. The van der Waals surface area contributed by atoms with E-state index in [1.165, 1.54) is 180 Å². The van der Waals surface area contributed by atoms with Gasteiger partial charge in [-0.15, -0.1) is 0 Å². The molecule has 0 atom stereocenters. The summed E-state index contributed by atoms with van der Waals surface area (Å²) in [4.78, 5) is 5.10. The lowest BCUT2D eigenvalue weighted by Crippen LogP contribution is -2.32. The van der Waals surface area contributed by atoms with Crippen LogP contribution < -0.4 is 11.5 Å². The van der Waals surface area contributed by atoms with Crippen LogP contribution >= 0.6 is 0 Å². The predicted molar refractivity (Wildman–Crippen MR) is 241 cm³/mol. The number of allylic oxidation sites excluding steroid dienone is 4. The minimum Gasteiger partial charge on any atom is -0.378 e. The van der Waals surface area contributed by atoms with Gasteiger partial charge in [-0.3, -0.25) is 0 Å². The van der Waals surface area contributed by atoms with Crippen LogP contribution in [0.3, 0.4) is 0 Å². The van der Waals surface area contributed by atoms with E-state index < -0.39 is 0 Å². The summed E-state index contributed by atoms with van der Waals surface area (Å²) in [5.74, 6) is 0. The summed E-state index contributed by atoms with van der Waals surface area (Å²) in [7, 11) is 0. The Kier molecular flexibility index (Phi) is 47.7. The van der Waals surface area contributed by atoms with Crippen molar-refractivity contribution in [3.05, 3.63) is 24.3 Å². The van der Waals surface area contributed by atoms with Crippen LogP contribution in [0.5, 0.6) is 0 Å². The summed E-state index contributed by atoms with van der Waals surface area (Å²) in [6.45, 7) is 15.5. The zero-order chi connectivity index (χ0) is 39.1. The molecule has 0 aliphatic carbocycles. The zero-order valence-corrected chi connectivity index (χ0v) is 36.9. The highest BCUT2D eigenvalue weighted by Gasteiger charge is 2.06. The maximum atomic E-state index is 5.98. The Labute approximate surface area is 339 Å². The Morgan fingerprint density at radius 1 is 0.315 bits per heavy atom. The van der Waals surface area contributed by atoms with Crippen molar-refractivity contribution in [1.82, 2.24) is 9.80 Å². The first kappa shape index (κ1) is 53.2. The topological polar surface area (TPSA) is 77.0 Å². The normalized spacial score (nSPS) is 12.2. The van der Waals surface area contributed by atoms with Gasteiger partial charge in [0.05, 0.1) is 26.4 Å². The molecule has 4 N–H and O–H groups in total. The molecule has 0 aliphatic rings. The maximum absolute atomic E-state index is 5.98. The molecule has 0 spiro atoms. The van der Waals surface area contributed by atoms with E-state index in [-0.39, 0.29) is 0 Å². The molecular formula is C48H98N4O2. The highest BCUT2D eigenvalue weighted by atomic mass is 16.5. The SMILES string of the molecule is CCCCCCCCC=CCCCCCCCCN(CCCN)CCOCCOCCN(CCCN)CCCCCCCCC=CCCCCCCCC. The van der Waals surface area contributed by atoms with E-state index >= 15 is 0 Å². The third kappa shape index (κ3) is 44.0. The number of hydrogen-bond acceptors (Lipinski definition) is 6. The Morgan fingerprint density at radius 3 is 0.907 bits per heavy atom. The fraction of sp³-hybridized carbons (Fsp3) is 0.917. The number of nitrogens with two attached hydrogens (primary N) is 2. The van der Waals surface area contributed by atoms with E-state index in [0.717, 1.165) is 78.4 Å². The van der Waals surface area contributed by atoms with Crippen LogP contribution in [0.25, 0.3) is 0 Å². The van der Waals surface area contributed by atoms with E-state index in [2.05, 4.69) is 48.0 Å². The van der Waals surface area contributed by atoms with Crippen LogP contribution in [0, 0.1) is 0 Å². The lowest BCUT2D eigenvalue weighted by Gasteiger charge is -2.22. The molecule has 0 rings (SSSR count). The lowest BCUT2D eigenvalue weighted by molar-refractivity contribution is 0.0307. The Morgan fingerprint density at radius 2 is 0.593 bits per heavy atom. The standard InChI is InChI=1S/C48H98N4O2/c1-3-5-7-9-11-13-15-17-19-21-23-25-27-29-31-33-39-51(41-35-37-49)43-45-53-47-48-54-46-44-52(42-36-38-50)40-34-32-30-28-26-24-22-20-18-16-14-12-10-8-6-4-2/h17-20H,3-16,21-50H2,1-2H3. The monoisotopic (exact) mass is 763 g/mol. The zero-order valence-electron chi connectivity index (χ0n) is 36.9. The average Bonchev–Trinajstić information content (AvgIpc) is 3.18. The van der Waals surface area contributed by atoms with Gasteiger partial charge in [0, 0.05) is 13.1 Å². The van der Waals surface area contributed by atoms with E-state index in [1.807, 2.05) is 0 Å². The van der Waals surface area contributed by atoms with Crippen molar-refractivity contribution in [1.29, 1.82) is 0 Å². The van der Waals surface area contributed by atoms with Crippen LogP contribution in [-0.4, -0.2) is 88.6 Å². The maximum Gasteiger partial charge on any atom is 0.0701 e. The third-order valence-corrected chi connectivity index (χ3v) is 10.8. The molecular weight excluding hydrogens is 665 g/mol. The summed E-state index contributed by atoms with van der Waals surface area (Å²) in [5, 5.41) is 0. The summed E-state index contributed by atoms with van der Waals surface area (Å²) >= 11 is 0. The smallest absolute Gasteiger partial charge is 0.0701 e. The van der Waals surface area contributed by atoms with Crippen LogP contribution in [0.2, 0.25) is 0 Å². The molecule has 6 heteroatoms. The van der Waals surface area contributed by atoms with Gasteiger partial charge >= 0.3 is 0 Å². The van der Waals surface area contributed by atoms with Gasteiger partial charge in [0.2, 0.25) is 0 Å². The van der Waals surface area contributed by atoms with Crippen molar-refractivity contribution in [2.45, 2.75) is 206 Å². The first-order chi connectivity index (χ1) is 26.8. The van der Waals surface area contributed by atoms with Gasteiger partial charge in [0.25, 0.3) is 0 Å². The van der Waals surface area contributed by atoms with Crippen LogP contribution in [0.4, 0.5) is 0 Å². The second kappa shape index (κ2) is 48.4. The fourth-order valence-corrected chi connectivity index (χ4v) is 7.18. The van der Waals surface area contributed by atoms with Crippen LogP contribution in [0.1, 0.15) is 206 Å². The van der Waals surface area contributed by atoms with E-state index in [9.17, 15) is 0 Å². The summed E-state index contributed by atoms with van der Waals surface area (Å²) < 4.78 is 12.0. The predicted octanol–water partition coefficient (Wildman–Crippen LogP) is 12.4. The second-order valence-electron chi connectivity index (χ2n) is 16.1. The highest BCUT2D eigenvalue weighted by molar-refractivity contribution is 4.82. The number of ether oxygens (including phenoxy) is 2. The molecule has 0 heterocycles. The Bertz CT molecular complexity index is 674. The number of unbranched alkanes of at least 4 members (excludes halogenated alkanes) is 24. The second-order valence-corrected chi connectivity index (χ2v) is 16.1. The first-order valence-corrected chi connectivity index (χ1v) is 24.1. The van der Waals surface area contributed by atoms with Gasteiger partial charge in [0.15, 0.2) is 0 Å². The van der Waals surface area contributed by atoms with Crippen molar-refractivity contribution in [2.75, 3.05) is 78.8 Å². The number of rotatable bonds is 47. The van der Waals surface area contributed by atoms with Crippen molar-refractivity contribution >= 4 is 0 Å². The molecule has 0 aromatic heterocycles. The van der Waals surface area contributed by atoms with Gasteiger partial charge < -0.3 is 30.7 Å². The molecule has 0 radical (unpaired) electrons. The molecule has 0 unspecified atom stereocenters. The molecule has 0 aromatic carbocycles. The van der Waals surface area contributed by atoms with Crippen molar-refractivity contribution < 1.29 is 9.47 Å². The largest absolute Gasteiger partial charge is 0.378 e. The molecule has 6 nitrogen and oxygen atoms in total. The molecule has 0 saturated heterocycles. The van der Waals surface area contributed by atoms with Crippen molar-refractivity contribution in [3.63, 3.8) is 0 Å². The molecule has 0 amide bonds. The summed E-state index contributed by atoms with van der Waals surface area (Å²) in [5.41, 5.74) is 11.7. The van der Waals surface area contributed by atoms with Gasteiger partial charge in [-0.1, -0.05) is 154 Å². The van der Waals surface area contributed by atoms with Crippen LogP contribution in [0.15, 0.2) is 24.3 Å². The first-order valence-electron chi connectivity index (χ1n) is 24.1. The fourth-order valence-electron chi connectivity index (χ4n) is 7.18. The number of nitrogens with zero attached hydrogens (tertiary/aromatic N) is 2. The molecule has 0 fully saturated rings. The van der Waals surface area contributed by atoms with Crippen molar-refractivity contribution in [2.24, 2.45) is 11.5 Å². The van der Waals surface area contributed by atoms with Crippen molar-refractivity contribution in [3.8, 4) is 0 Å². The molecule has 0 bridgehead atoms. The van der Waals surface area contributed by atoms with Gasteiger partial charge in [-0.05, 0) is 116 Å². The molecule has 322 valence electrons. The van der Waals surface area contributed by atoms with Crippen LogP contribution in [-0.2, 0) is 9.47 Å². The molecule has 0 saturated carbocycles.